The maximum Gasteiger partial charge on any atom is 0.262 e. The molecule has 1 unspecified atom stereocenters. The number of hydrogen-bond donors (Lipinski definition) is 3. The fraction of sp³-hybridized carbons (Fsp3) is 0.500. The lowest BCUT2D eigenvalue weighted by molar-refractivity contribution is -0.118. The van der Waals surface area contributed by atoms with E-state index in [0.29, 0.717) is 5.69 Å². The molecule has 7 heteroatoms. The van der Waals surface area contributed by atoms with E-state index in [1.165, 1.54) is 12.4 Å². The summed E-state index contributed by atoms with van der Waals surface area (Å²) < 4.78 is 25.5. The number of carbonyl (C=O) groups excluding carboxylic acids is 1. The summed E-state index contributed by atoms with van der Waals surface area (Å²) >= 11 is 0. The Bertz CT molecular complexity index is 352. The summed E-state index contributed by atoms with van der Waals surface area (Å²) in [6.45, 7) is -0.448. The van der Waals surface area contributed by atoms with Crippen molar-refractivity contribution in [3.63, 3.8) is 0 Å². The highest BCUT2D eigenvalue weighted by atomic mass is 19.3. The molecule has 5 nitrogen and oxygen atoms in total. The Labute approximate surface area is 84.2 Å². The SMILES string of the molecule is O=C(Nc1cn[nH]c1)C1CC(F)(F)CN1. The van der Waals surface area contributed by atoms with Crippen molar-refractivity contribution in [2.75, 3.05) is 11.9 Å². The third-order valence-electron chi connectivity index (χ3n) is 2.19. The van der Waals surface area contributed by atoms with Crippen LogP contribution in [0.3, 0.4) is 0 Å². The Morgan fingerprint density at radius 2 is 2.47 bits per heavy atom. The van der Waals surface area contributed by atoms with Crippen LogP contribution in [0.5, 0.6) is 0 Å². The Morgan fingerprint density at radius 3 is 3.00 bits per heavy atom. The number of nitrogens with one attached hydrogen (secondary N) is 3. The van der Waals surface area contributed by atoms with Gasteiger partial charge in [-0.25, -0.2) is 8.78 Å². The molecule has 1 aromatic rings. The summed E-state index contributed by atoms with van der Waals surface area (Å²) in [5, 5.41) is 11.1. The third kappa shape index (κ3) is 2.30. The van der Waals surface area contributed by atoms with Gasteiger partial charge in [-0.3, -0.25) is 15.2 Å². The van der Waals surface area contributed by atoms with E-state index in [2.05, 4.69) is 20.8 Å². The first-order valence-corrected chi connectivity index (χ1v) is 4.48. The van der Waals surface area contributed by atoms with Crippen molar-refractivity contribution in [2.45, 2.75) is 18.4 Å². The number of halogens is 2. The largest absolute Gasteiger partial charge is 0.322 e. The number of rotatable bonds is 2. The van der Waals surface area contributed by atoms with Crippen molar-refractivity contribution in [3.8, 4) is 0 Å². The lowest BCUT2D eigenvalue weighted by Gasteiger charge is -2.09. The fourth-order valence-corrected chi connectivity index (χ4v) is 1.45. The minimum absolute atomic E-state index is 0.448. The van der Waals surface area contributed by atoms with Crippen LogP contribution in [0.25, 0.3) is 0 Å². The zero-order chi connectivity index (χ0) is 10.9. The lowest BCUT2D eigenvalue weighted by atomic mass is 10.2. The molecule has 3 N–H and O–H groups in total. The van der Waals surface area contributed by atoms with Gasteiger partial charge in [0.05, 0.1) is 24.5 Å². The summed E-state index contributed by atoms with van der Waals surface area (Å²) in [6, 6.07) is -0.838. The van der Waals surface area contributed by atoms with Crippen LogP contribution in [0.1, 0.15) is 6.42 Å². The first-order chi connectivity index (χ1) is 7.07. The minimum Gasteiger partial charge on any atom is -0.322 e. The second-order valence-electron chi connectivity index (χ2n) is 3.47. The lowest BCUT2D eigenvalue weighted by Crippen LogP contribution is -2.35. The molecule has 1 aliphatic rings. The van der Waals surface area contributed by atoms with Crippen molar-refractivity contribution in [1.29, 1.82) is 0 Å². The number of H-pyrrole nitrogens is 1. The third-order valence-corrected chi connectivity index (χ3v) is 2.19. The van der Waals surface area contributed by atoms with Crippen LogP contribution >= 0.6 is 0 Å². The molecule has 0 saturated carbocycles. The predicted molar refractivity (Wildman–Crippen MR) is 48.6 cm³/mol. The van der Waals surface area contributed by atoms with Gasteiger partial charge in [0.1, 0.15) is 0 Å². The molecule has 1 aromatic heterocycles. The number of anilines is 1. The summed E-state index contributed by atoms with van der Waals surface area (Å²) in [7, 11) is 0. The fourth-order valence-electron chi connectivity index (χ4n) is 1.45. The van der Waals surface area contributed by atoms with E-state index in [-0.39, 0.29) is 0 Å². The predicted octanol–water partition coefficient (Wildman–Crippen LogP) is 0.345. The molecular formula is C8H10F2N4O. The van der Waals surface area contributed by atoms with Crippen LogP contribution in [-0.4, -0.2) is 34.6 Å². The molecule has 0 radical (unpaired) electrons. The zero-order valence-electron chi connectivity index (χ0n) is 7.76. The summed E-state index contributed by atoms with van der Waals surface area (Å²) in [5.74, 6) is -3.26. The molecule has 1 atom stereocenters. The number of aromatic amines is 1. The number of nitrogens with zero attached hydrogens (tertiary/aromatic N) is 1. The average Bonchev–Trinajstić information content (AvgIpc) is 2.74. The van der Waals surface area contributed by atoms with Crippen LogP contribution in [0.15, 0.2) is 12.4 Å². The molecule has 15 heavy (non-hydrogen) atoms. The Balaban J connectivity index is 1.93. The highest BCUT2D eigenvalue weighted by Crippen LogP contribution is 2.25. The van der Waals surface area contributed by atoms with Gasteiger partial charge in [-0.1, -0.05) is 0 Å². The quantitative estimate of drug-likeness (QED) is 0.668. The van der Waals surface area contributed by atoms with E-state index in [1.54, 1.807) is 0 Å². The molecular weight excluding hydrogens is 206 g/mol. The smallest absolute Gasteiger partial charge is 0.262 e. The van der Waals surface area contributed by atoms with Gasteiger partial charge in [0.2, 0.25) is 5.91 Å². The topological polar surface area (TPSA) is 69.8 Å². The number of alkyl halides is 2. The van der Waals surface area contributed by atoms with Crippen molar-refractivity contribution in [3.05, 3.63) is 12.4 Å². The zero-order valence-corrected chi connectivity index (χ0v) is 7.76. The normalized spacial score (nSPS) is 24.0. The van der Waals surface area contributed by atoms with Gasteiger partial charge in [0, 0.05) is 12.6 Å². The van der Waals surface area contributed by atoms with Gasteiger partial charge in [-0.05, 0) is 0 Å². The van der Waals surface area contributed by atoms with Gasteiger partial charge in [-0.2, -0.15) is 5.10 Å². The van der Waals surface area contributed by atoms with E-state index >= 15 is 0 Å². The average molecular weight is 216 g/mol. The molecule has 0 spiro atoms. The second kappa shape index (κ2) is 3.58. The maximum absolute atomic E-state index is 12.8. The molecule has 0 aliphatic carbocycles. The van der Waals surface area contributed by atoms with Crippen molar-refractivity contribution < 1.29 is 13.6 Å². The number of amides is 1. The van der Waals surface area contributed by atoms with E-state index in [9.17, 15) is 13.6 Å². The maximum atomic E-state index is 12.8. The molecule has 2 heterocycles. The molecule has 2 rings (SSSR count). The number of hydrogen-bond acceptors (Lipinski definition) is 3. The van der Waals surface area contributed by atoms with Crippen LogP contribution in [-0.2, 0) is 4.79 Å². The summed E-state index contributed by atoms with van der Waals surface area (Å²) in [6.07, 6.45) is 2.42. The molecule has 0 bridgehead atoms. The van der Waals surface area contributed by atoms with Gasteiger partial charge < -0.3 is 5.32 Å². The van der Waals surface area contributed by atoms with Crippen molar-refractivity contribution >= 4 is 11.6 Å². The van der Waals surface area contributed by atoms with Crippen molar-refractivity contribution in [2.24, 2.45) is 0 Å². The number of aromatic nitrogens is 2. The van der Waals surface area contributed by atoms with Crippen LogP contribution in [0.2, 0.25) is 0 Å². The summed E-state index contributed by atoms with van der Waals surface area (Å²) in [4.78, 5) is 11.5. The highest BCUT2D eigenvalue weighted by Gasteiger charge is 2.42. The van der Waals surface area contributed by atoms with E-state index < -0.39 is 30.8 Å². The standard InChI is InChI=1S/C8H10F2N4O/c9-8(10)1-6(11-4-8)7(15)14-5-2-12-13-3-5/h2-3,6,11H,1,4H2,(H,12,13)(H,14,15). The van der Waals surface area contributed by atoms with Crippen LogP contribution in [0, 0.1) is 0 Å². The Morgan fingerprint density at radius 1 is 1.67 bits per heavy atom. The monoisotopic (exact) mass is 216 g/mol. The molecule has 1 saturated heterocycles. The molecule has 1 amide bonds. The number of carbonyl (C=O) groups is 1. The Hall–Kier alpha value is -1.50. The van der Waals surface area contributed by atoms with E-state index in [0.717, 1.165) is 0 Å². The van der Waals surface area contributed by atoms with E-state index in [1.807, 2.05) is 0 Å². The second-order valence-corrected chi connectivity index (χ2v) is 3.47. The molecule has 1 aliphatic heterocycles. The summed E-state index contributed by atoms with van der Waals surface area (Å²) in [5.41, 5.74) is 0.469. The van der Waals surface area contributed by atoms with E-state index in [4.69, 9.17) is 0 Å². The highest BCUT2D eigenvalue weighted by molar-refractivity contribution is 5.94. The minimum atomic E-state index is -2.79. The van der Waals surface area contributed by atoms with Gasteiger partial charge in [0.25, 0.3) is 5.92 Å². The van der Waals surface area contributed by atoms with Crippen LogP contribution in [0.4, 0.5) is 14.5 Å². The first-order valence-electron chi connectivity index (χ1n) is 4.48. The van der Waals surface area contributed by atoms with Gasteiger partial charge in [-0.15, -0.1) is 0 Å². The van der Waals surface area contributed by atoms with Gasteiger partial charge in [0.15, 0.2) is 0 Å². The Kier molecular flexibility index (Phi) is 2.39. The molecule has 0 aromatic carbocycles. The molecule has 1 fully saturated rings. The first kappa shape index (κ1) is 10.0. The van der Waals surface area contributed by atoms with Crippen molar-refractivity contribution in [1.82, 2.24) is 15.5 Å². The molecule has 82 valence electrons. The van der Waals surface area contributed by atoms with Gasteiger partial charge >= 0.3 is 0 Å². The van der Waals surface area contributed by atoms with Crippen LogP contribution < -0.4 is 10.6 Å².